The zero-order valence-electron chi connectivity index (χ0n) is 21.2. The molecule has 38 heavy (non-hydrogen) atoms. The summed E-state index contributed by atoms with van der Waals surface area (Å²) in [7, 11) is 1.63. The zero-order chi connectivity index (χ0) is 25.8. The Bertz CT molecular complexity index is 1920. The molecule has 0 radical (unpaired) electrons. The van der Waals surface area contributed by atoms with Crippen LogP contribution in [0.25, 0.3) is 54.7 Å². The van der Waals surface area contributed by atoms with Crippen molar-refractivity contribution < 1.29 is 4.74 Å². The Kier molecular flexibility index (Phi) is 5.19. The normalized spacial score (nSPS) is 14.0. The number of nitrogens with zero attached hydrogens (tertiary/aromatic N) is 2. The Balaban J connectivity index is 1.58. The van der Waals surface area contributed by atoms with Gasteiger partial charge >= 0.3 is 0 Å². The van der Waals surface area contributed by atoms with E-state index in [0.29, 0.717) is 5.56 Å². The maximum atomic E-state index is 14.1. The van der Waals surface area contributed by atoms with Gasteiger partial charge < -0.3 is 9.30 Å². The molecule has 0 spiro atoms. The monoisotopic (exact) mass is 494 g/mol. The van der Waals surface area contributed by atoms with Crippen LogP contribution in [0.2, 0.25) is 0 Å². The van der Waals surface area contributed by atoms with Crippen molar-refractivity contribution in [1.29, 1.82) is 5.26 Å². The molecule has 7 rings (SSSR count). The van der Waals surface area contributed by atoms with Gasteiger partial charge in [-0.25, -0.2) is 0 Å². The van der Waals surface area contributed by atoms with Crippen LogP contribution in [0.1, 0.15) is 37.3 Å². The van der Waals surface area contributed by atoms with Crippen LogP contribution in [0.4, 0.5) is 0 Å². The Morgan fingerprint density at radius 1 is 0.816 bits per heavy atom. The first-order chi connectivity index (χ1) is 18.7. The van der Waals surface area contributed by atoms with Crippen LogP contribution in [-0.2, 0) is 0 Å². The van der Waals surface area contributed by atoms with Crippen molar-refractivity contribution in [2.75, 3.05) is 7.11 Å². The van der Waals surface area contributed by atoms with Crippen LogP contribution in [0.5, 0.6) is 5.75 Å². The van der Waals surface area contributed by atoms with Crippen molar-refractivity contribution in [3.63, 3.8) is 0 Å². The molecule has 1 heterocycles. The number of hydrogen-bond acceptors (Lipinski definition) is 3. The van der Waals surface area contributed by atoms with E-state index < -0.39 is 0 Å². The highest BCUT2D eigenvalue weighted by Gasteiger charge is 2.26. The summed E-state index contributed by atoms with van der Waals surface area (Å²) in [6.07, 6.45) is 4.09. The average molecular weight is 495 g/mol. The molecule has 1 aliphatic carbocycles. The number of methoxy groups -OCH3 is 1. The number of benzene rings is 5. The van der Waals surface area contributed by atoms with Crippen molar-refractivity contribution in [2.24, 2.45) is 0 Å². The highest BCUT2D eigenvalue weighted by molar-refractivity contribution is 6.25. The predicted molar refractivity (Wildman–Crippen MR) is 154 cm³/mol. The molecule has 6 aromatic rings. The lowest BCUT2D eigenvalue weighted by Crippen LogP contribution is -2.28. The van der Waals surface area contributed by atoms with E-state index in [9.17, 15) is 10.1 Å². The molecule has 0 bridgehead atoms. The standard InChI is InChI=1S/C34H26N2O2/c1-38-26-15-11-21(12-16-26)29-19-31(36(25-7-2-3-8-25)34(37)30(29)20-35)27-17-13-24-10-9-22-5-4-6-23-14-18-28(27)33(24)32(22)23/h4-6,9-19,25H,2-3,7-8H2,1H3. The number of hydrogen-bond donors (Lipinski definition) is 0. The summed E-state index contributed by atoms with van der Waals surface area (Å²) in [4.78, 5) is 14.1. The second-order valence-electron chi connectivity index (χ2n) is 10.2. The summed E-state index contributed by atoms with van der Waals surface area (Å²) in [5.41, 5.74) is 3.40. The van der Waals surface area contributed by atoms with Crippen molar-refractivity contribution in [3.8, 4) is 34.2 Å². The maximum Gasteiger partial charge on any atom is 0.269 e. The summed E-state index contributed by atoms with van der Waals surface area (Å²) >= 11 is 0. The summed E-state index contributed by atoms with van der Waals surface area (Å²) in [6, 6.07) is 31.4. The third-order valence-electron chi connectivity index (χ3n) is 8.25. The molecule has 184 valence electrons. The van der Waals surface area contributed by atoms with Crippen LogP contribution in [-0.4, -0.2) is 11.7 Å². The summed E-state index contributed by atoms with van der Waals surface area (Å²) in [5, 5.41) is 17.4. The van der Waals surface area contributed by atoms with Gasteiger partial charge in [-0.2, -0.15) is 5.26 Å². The van der Waals surface area contributed by atoms with E-state index >= 15 is 0 Å². The smallest absolute Gasteiger partial charge is 0.269 e. The van der Waals surface area contributed by atoms with Crippen LogP contribution in [0.3, 0.4) is 0 Å². The lowest BCUT2D eigenvalue weighted by molar-refractivity contribution is 0.415. The van der Waals surface area contributed by atoms with Crippen LogP contribution < -0.4 is 10.3 Å². The Hall–Kier alpha value is -4.62. The first kappa shape index (κ1) is 22.6. The summed E-state index contributed by atoms with van der Waals surface area (Å²) in [5.74, 6) is 0.735. The lowest BCUT2D eigenvalue weighted by Gasteiger charge is -2.23. The number of ether oxygens (including phenoxy) is 1. The van der Waals surface area contributed by atoms with E-state index in [1.54, 1.807) is 7.11 Å². The molecule has 0 unspecified atom stereocenters. The van der Waals surface area contributed by atoms with Crippen LogP contribution >= 0.6 is 0 Å². The molecule has 5 aromatic carbocycles. The number of rotatable bonds is 4. The Morgan fingerprint density at radius 2 is 1.47 bits per heavy atom. The van der Waals surface area contributed by atoms with Gasteiger partial charge in [0.05, 0.1) is 12.8 Å². The number of aromatic nitrogens is 1. The third-order valence-corrected chi connectivity index (χ3v) is 8.25. The molecule has 0 saturated heterocycles. The number of nitriles is 1. The minimum absolute atomic E-state index is 0.0908. The molecule has 4 nitrogen and oxygen atoms in total. The highest BCUT2D eigenvalue weighted by Crippen LogP contribution is 2.42. The number of pyridine rings is 1. The first-order valence-electron chi connectivity index (χ1n) is 13.2. The fraction of sp³-hybridized carbons (Fsp3) is 0.176. The van der Waals surface area contributed by atoms with E-state index in [1.807, 2.05) is 28.8 Å². The lowest BCUT2D eigenvalue weighted by atomic mass is 9.90. The topological polar surface area (TPSA) is 55.0 Å². The van der Waals surface area contributed by atoms with E-state index in [-0.39, 0.29) is 17.2 Å². The van der Waals surface area contributed by atoms with Gasteiger partial charge in [-0.15, -0.1) is 0 Å². The fourth-order valence-electron chi connectivity index (χ4n) is 6.42. The summed E-state index contributed by atoms with van der Waals surface area (Å²) in [6.45, 7) is 0. The van der Waals surface area contributed by atoms with Gasteiger partial charge in [0.15, 0.2) is 0 Å². The molecule has 0 N–H and O–H groups in total. The molecule has 0 atom stereocenters. The van der Waals surface area contributed by atoms with E-state index in [0.717, 1.165) is 53.6 Å². The Morgan fingerprint density at radius 3 is 2.16 bits per heavy atom. The molecule has 0 aliphatic heterocycles. The van der Waals surface area contributed by atoms with Crippen molar-refractivity contribution in [3.05, 3.63) is 101 Å². The second kappa shape index (κ2) is 8.75. The fourth-order valence-corrected chi connectivity index (χ4v) is 6.42. The molecule has 1 aromatic heterocycles. The van der Waals surface area contributed by atoms with Crippen molar-refractivity contribution in [1.82, 2.24) is 4.57 Å². The van der Waals surface area contributed by atoms with Gasteiger partial charge in [0, 0.05) is 17.2 Å². The van der Waals surface area contributed by atoms with Gasteiger partial charge in [0.1, 0.15) is 17.4 Å². The molecular formula is C34H26N2O2. The SMILES string of the molecule is COc1ccc(-c2cc(-c3ccc4ccc5cccc6ccc3c4c56)n(C3CCCC3)c(=O)c2C#N)cc1. The highest BCUT2D eigenvalue weighted by atomic mass is 16.5. The minimum atomic E-state index is -0.201. The van der Waals surface area contributed by atoms with Gasteiger partial charge in [-0.05, 0) is 68.9 Å². The zero-order valence-corrected chi connectivity index (χ0v) is 21.2. The van der Waals surface area contributed by atoms with Crippen LogP contribution in [0.15, 0.2) is 89.7 Å². The van der Waals surface area contributed by atoms with Crippen molar-refractivity contribution >= 4 is 32.3 Å². The van der Waals surface area contributed by atoms with Gasteiger partial charge in [-0.3, -0.25) is 4.79 Å². The van der Waals surface area contributed by atoms with Gasteiger partial charge in [0.25, 0.3) is 5.56 Å². The quantitative estimate of drug-likeness (QED) is 0.233. The molecule has 1 fully saturated rings. The van der Waals surface area contributed by atoms with E-state index in [1.165, 1.54) is 26.9 Å². The van der Waals surface area contributed by atoms with Crippen molar-refractivity contribution in [2.45, 2.75) is 31.7 Å². The molecule has 0 amide bonds. The predicted octanol–water partition coefficient (Wildman–Crippen LogP) is 8.08. The summed E-state index contributed by atoms with van der Waals surface area (Å²) < 4.78 is 7.26. The van der Waals surface area contributed by atoms with Gasteiger partial charge in [-0.1, -0.05) is 79.6 Å². The molecule has 4 heteroatoms. The third kappa shape index (κ3) is 3.32. The first-order valence-corrected chi connectivity index (χ1v) is 13.2. The Labute approximate surface area is 220 Å². The van der Waals surface area contributed by atoms with Gasteiger partial charge in [0.2, 0.25) is 0 Å². The average Bonchev–Trinajstić information content (AvgIpc) is 3.50. The van der Waals surface area contributed by atoms with E-state index in [4.69, 9.17) is 4.74 Å². The molecular weight excluding hydrogens is 468 g/mol. The largest absolute Gasteiger partial charge is 0.497 e. The molecule has 1 saturated carbocycles. The maximum absolute atomic E-state index is 14.1. The van der Waals surface area contributed by atoms with Crippen LogP contribution in [0, 0.1) is 11.3 Å². The minimum Gasteiger partial charge on any atom is -0.497 e. The second-order valence-corrected chi connectivity index (χ2v) is 10.2. The van der Waals surface area contributed by atoms with E-state index in [2.05, 4.69) is 66.7 Å². The molecule has 1 aliphatic rings.